The summed E-state index contributed by atoms with van der Waals surface area (Å²) in [5.41, 5.74) is 4.49. The predicted molar refractivity (Wildman–Crippen MR) is 112 cm³/mol. The second kappa shape index (κ2) is 9.26. The van der Waals surface area contributed by atoms with Crippen LogP contribution < -0.4 is 15.0 Å². The van der Waals surface area contributed by atoms with Crippen molar-refractivity contribution in [2.24, 2.45) is 5.92 Å². The molecule has 0 bridgehead atoms. The molecule has 1 aromatic heterocycles. The van der Waals surface area contributed by atoms with Crippen molar-refractivity contribution in [2.75, 3.05) is 31.8 Å². The maximum atomic E-state index is 12.6. The van der Waals surface area contributed by atoms with Gasteiger partial charge in [-0.15, -0.1) is 0 Å². The molecular weight excluding hydrogens is 382 g/mol. The minimum atomic E-state index is -0.338. The maximum absolute atomic E-state index is 12.6. The number of carbonyl (C=O) groups is 2. The Morgan fingerprint density at radius 3 is 2.87 bits per heavy atom. The van der Waals surface area contributed by atoms with Gasteiger partial charge >= 0.3 is 0 Å². The highest BCUT2D eigenvalue weighted by Crippen LogP contribution is 2.30. The van der Waals surface area contributed by atoms with Gasteiger partial charge in [-0.3, -0.25) is 9.59 Å². The lowest BCUT2D eigenvalue weighted by molar-refractivity contribution is -0.126. The van der Waals surface area contributed by atoms with Crippen LogP contribution in [0.1, 0.15) is 29.5 Å². The fraction of sp³-hybridized carbons (Fsp3) is 0.435. The largest absolute Gasteiger partial charge is 0.475 e. The minimum absolute atomic E-state index is 0.00678. The summed E-state index contributed by atoms with van der Waals surface area (Å²) in [6.45, 7) is 1.74. The van der Waals surface area contributed by atoms with E-state index in [2.05, 4.69) is 22.4 Å². The molecule has 0 spiro atoms. The zero-order valence-electron chi connectivity index (χ0n) is 17.2. The number of rotatable bonds is 8. The van der Waals surface area contributed by atoms with E-state index < -0.39 is 0 Å². The fourth-order valence-corrected chi connectivity index (χ4v) is 4.02. The molecule has 0 unspecified atom stereocenters. The summed E-state index contributed by atoms with van der Waals surface area (Å²) in [6.07, 6.45) is 5.28. The van der Waals surface area contributed by atoms with E-state index in [-0.39, 0.29) is 24.2 Å². The molecule has 1 saturated heterocycles. The van der Waals surface area contributed by atoms with Gasteiger partial charge in [-0.25, -0.2) is 4.98 Å². The summed E-state index contributed by atoms with van der Waals surface area (Å²) in [5.74, 6) is 0.0867. The Morgan fingerprint density at radius 1 is 1.20 bits per heavy atom. The predicted octanol–water partition coefficient (Wildman–Crippen LogP) is 2.26. The van der Waals surface area contributed by atoms with E-state index in [1.54, 1.807) is 24.3 Å². The number of aryl methyl sites for hydroxylation is 2. The van der Waals surface area contributed by atoms with Gasteiger partial charge in [0.2, 0.25) is 17.7 Å². The molecule has 2 aromatic rings. The van der Waals surface area contributed by atoms with Gasteiger partial charge in [0, 0.05) is 44.6 Å². The Balaban J connectivity index is 1.29. The summed E-state index contributed by atoms with van der Waals surface area (Å²) in [6, 6.07) is 9.87. The van der Waals surface area contributed by atoms with Gasteiger partial charge in [-0.2, -0.15) is 0 Å². The van der Waals surface area contributed by atoms with Crippen molar-refractivity contribution in [1.82, 2.24) is 10.3 Å². The quantitative estimate of drug-likeness (QED) is 0.677. The Labute approximate surface area is 176 Å². The standard InChI is InChI=1S/C23H27N3O4/c1-29-9-10-30-21-8-5-16(13-24-21)14-25-23(28)19-12-22(27)26(15-19)20-7-6-17-3-2-4-18(17)11-20/h5-8,11,13,19H,2-4,9-10,12,14-15H2,1H3,(H,25,28)/t19-/m1/s1. The SMILES string of the molecule is COCCOc1ccc(CNC(=O)[C@@H]2CC(=O)N(c3ccc4c(c3)CCC4)C2)cn1. The van der Waals surface area contributed by atoms with Crippen LogP contribution in [0.2, 0.25) is 0 Å². The van der Waals surface area contributed by atoms with Crippen molar-refractivity contribution in [1.29, 1.82) is 0 Å². The second-order valence-electron chi connectivity index (χ2n) is 7.78. The third-order valence-corrected chi connectivity index (χ3v) is 5.69. The van der Waals surface area contributed by atoms with E-state index in [9.17, 15) is 9.59 Å². The number of hydrogen-bond donors (Lipinski definition) is 1. The normalized spacial score (nSPS) is 17.8. The van der Waals surface area contributed by atoms with E-state index in [4.69, 9.17) is 9.47 Å². The van der Waals surface area contributed by atoms with Crippen LogP contribution in [0.5, 0.6) is 5.88 Å². The number of carbonyl (C=O) groups excluding carboxylic acids is 2. The van der Waals surface area contributed by atoms with Crippen molar-refractivity contribution in [3.63, 3.8) is 0 Å². The molecule has 2 heterocycles. The lowest BCUT2D eigenvalue weighted by atomic mass is 10.1. The van der Waals surface area contributed by atoms with Crippen molar-refractivity contribution in [3.05, 3.63) is 53.2 Å². The first kappa shape index (κ1) is 20.3. The van der Waals surface area contributed by atoms with E-state index in [1.165, 1.54) is 17.5 Å². The monoisotopic (exact) mass is 409 g/mol. The number of anilines is 1. The molecule has 4 rings (SSSR count). The number of ether oxygens (including phenoxy) is 2. The zero-order valence-corrected chi connectivity index (χ0v) is 17.2. The van der Waals surface area contributed by atoms with E-state index in [0.717, 1.165) is 24.1 Å². The number of nitrogens with zero attached hydrogens (tertiary/aromatic N) is 2. The van der Waals surface area contributed by atoms with Crippen LogP contribution in [-0.2, 0) is 33.7 Å². The highest BCUT2D eigenvalue weighted by atomic mass is 16.5. The van der Waals surface area contributed by atoms with Gasteiger partial charge in [0.1, 0.15) is 6.61 Å². The summed E-state index contributed by atoms with van der Waals surface area (Å²) < 4.78 is 10.4. The molecule has 1 N–H and O–H groups in total. The minimum Gasteiger partial charge on any atom is -0.475 e. The molecule has 2 amide bonds. The lowest BCUT2D eigenvalue weighted by Crippen LogP contribution is -2.32. The molecule has 7 heteroatoms. The Morgan fingerprint density at radius 2 is 2.07 bits per heavy atom. The number of aromatic nitrogens is 1. The summed E-state index contributed by atoms with van der Waals surface area (Å²) in [5, 5.41) is 2.93. The van der Waals surface area contributed by atoms with E-state index in [0.29, 0.717) is 32.2 Å². The second-order valence-corrected chi connectivity index (χ2v) is 7.78. The molecule has 1 aliphatic carbocycles. The Bertz CT molecular complexity index is 913. The third-order valence-electron chi connectivity index (χ3n) is 5.69. The maximum Gasteiger partial charge on any atom is 0.227 e. The number of nitrogens with one attached hydrogen (secondary N) is 1. The lowest BCUT2D eigenvalue weighted by Gasteiger charge is -2.18. The molecule has 0 saturated carbocycles. The van der Waals surface area contributed by atoms with Crippen LogP contribution in [0.25, 0.3) is 0 Å². The Kier molecular flexibility index (Phi) is 6.28. The smallest absolute Gasteiger partial charge is 0.227 e. The topological polar surface area (TPSA) is 80.8 Å². The molecule has 1 fully saturated rings. The highest BCUT2D eigenvalue weighted by molar-refractivity contribution is 6.00. The third kappa shape index (κ3) is 4.62. The number of amides is 2. The first-order valence-corrected chi connectivity index (χ1v) is 10.4. The van der Waals surface area contributed by atoms with E-state index in [1.807, 2.05) is 12.1 Å². The van der Waals surface area contributed by atoms with Gasteiger partial charge in [-0.1, -0.05) is 12.1 Å². The van der Waals surface area contributed by atoms with Crippen LogP contribution in [0.15, 0.2) is 36.5 Å². The van der Waals surface area contributed by atoms with Gasteiger partial charge < -0.3 is 19.7 Å². The van der Waals surface area contributed by atoms with Crippen molar-refractivity contribution < 1.29 is 19.1 Å². The zero-order chi connectivity index (χ0) is 20.9. The Hall–Kier alpha value is -2.93. The highest BCUT2D eigenvalue weighted by Gasteiger charge is 2.35. The number of fused-ring (bicyclic) bond motifs is 1. The summed E-state index contributed by atoms with van der Waals surface area (Å²) in [7, 11) is 1.62. The fourth-order valence-electron chi connectivity index (χ4n) is 4.02. The first-order valence-electron chi connectivity index (χ1n) is 10.4. The van der Waals surface area contributed by atoms with E-state index >= 15 is 0 Å². The molecule has 158 valence electrons. The van der Waals surface area contributed by atoms with Crippen molar-refractivity contribution in [3.8, 4) is 5.88 Å². The van der Waals surface area contributed by atoms with Gasteiger partial charge in [-0.05, 0) is 48.1 Å². The number of pyridine rings is 1. The first-order chi connectivity index (χ1) is 14.6. The molecule has 2 aliphatic rings. The number of methoxy groups -OCH3 is 1. The van der Waals surface area contributed by atoms with Gasteiger partial charge in [0.15, 0.2) is 0 Å². The molecule has 7 nitrogen and oxygen atoms in total. The van der Waals surface area contributed by atoms with Crippen molar-refractivity contribution in [2.45, 2.75) is 32.2 Å². The van der Waals surface area contributed by atoms with Crippen LogP contribution in [0.4, 0.5) is 5.69 Å². The average molecular weight is 409 g/mol. The molecule has 0 radical (unpaired) electrons. The van der Waals surface area contributed by atoms with Crippen molar-refractivity contribution >= 4 is 17.5 Å². The van der Waals surface area contributed by atoms with Gasteiger partial charge in [0.05, 0.1) is 12.5 Å². The average Bonchev–Trinajstić information content (AvgIpc) is 3.39. The van der Waals surface area contributed by atoms with Gasteiger partial charge in [0.25, 0.3) is 0 Å². The summed E-state index contributed by atoms with van der Waals surface area (Å²) in [4.78, 5) is 31.1. The number of hydrogen-bond acceptors (Lipinski definition) is 5. The molecule has 1 atom stereocenters. The molecule has 30 heavy (non-hydrogen) atoms. The van der Waals surface area contributed by atoms with Crippen LogP contribution >= 0.6 is 0 Å². The number of benzene rings is 1. The van der Waals surface area contributed by atoms with Crippen LogP contribution in [0, 0.1) is 5.92 Å². The summed E-state index contributed by atoms with van der Waals surface area (Å²) >= 11 is 0. The molecule has 1 aromatic carbocycles. The van der Waals surface area contributed by atoms with Crippen LogP contribution in [0.3, 0.4) is 0 Å². The molecular formula is C23H27N3O4. The van der Waals surface area contributed by atoms with Crippen LogP contribution in [-0.4, -0.2) is 43.7 Å². The molecule has 1 aliphatic heterocycles.